The highest BCUT2D eigenvalue weighted by atomic mass is 32.2. The first-order chi connectivity index (χ1) is 8.58. The minimum absolute atomic E-state index is 0.875. The van der Waals surface area contributed by atoms with Crippen LogP contribution in [0, 0.1) is 6.92 Å². The van der Waals surface area contributed by atoms with Crippen molar-refractivity contribution in [1.82, 2.24) is 14.8 Å². The van der Waals surface area contributed by atoms with Crippen LogP contribution < -0.4 is 0 Å². The van der Waals surface area contributed by atoms with Gasteiger partial charge in [-0.15, -0.1) is 10.2 Å². The van der Waals surface area contributed by atoms with Gasteiger partial charge in [-0.1, -0.05) is 47.7 Å². The number of hydrogen-bond donors (Lipinski definition) is 0. The number of hydrogen-bond acceptors (Lipinski definition) is 3. The van der Waals surface area contributed by atoms with Crippen molar-refractivity contribution in [2.45, 2.75) is 19.0 Å². The van der Waals surface area contributed by atoms with Crippen LogP contribution in [0.4, 0.5) is 0 Å². The van der Waals surface area contributed by atoms with Crippen molar-refractivity contribution in [1.29, 1.82) is 0 Å². The van der Waals surface area contributed by atoms with Crippen LogP contribution in [0.15, 0.2) is 41.6 Å². The van der Waals surface area contributed by atoms with Crippen molar-refractivity contribution in [2.75, 3.05) is 5.75 Å². The second-order valence-electron chi connectivity index (χ2n) is 4.48. The predicted molar refractivity (Wildman–Crippen MR) is 76.7 cm³/mol. The van der Waals surface area contributed by atoms with Crippen LogP contribution >= 0.6 is 11.8 Å². The number of thioether (sulfide) groups is 1. The predicted octanol–water partition coefficient (Wildman–Crippen LogP) is 3.46. The molecular formula is C14H17N3S. The zero-order valence-electron chi connectivity index (χ0n) is 11.0. The Hall–Kier alpha value is -1.55. The Labute approximate surface area is 112 Å². The molecule has 1 aromatic heterocycles. The van der Waals surface area contributed by atoms with Crippen LogP contribution in [0.1, 0.15) is 12.5 Å². The smallest absolute Gasteiger partial charge is 0.191 e. The molecule has 0 bridgehead atoms. The van der Waals surface area contributed by atoms with Gasteiger partial charge < -0.3 is 4.57 Å². The molecule has 0 atom stereocenters. The Morgan fingerprint density at radius 2 is 2.17 bits per heavy atom. The minimum Gasteiger partial charge on any atom is -0.305 e. The summed E-state index contributed by atoms with van der Waals surface area (Å²) in [6.07, 6.45) is 0. The van der Waals surface area contributed by atoms with Gasteiger partial charge in [-0.05, 0) is 19.9 Å². The van der Waals surface area contributed by atoms with Crippen molar-refractivity contribution in [3.63, 3.8) is 0 Å². The van der Waals surface area contributed by atoms with Crippen LogP contribution in [-0.2, 0) is 7.05 Å². The first-order valence-electron chi connectivity index (χ1n) is 5.81. The van der Waals surface area contributed by atoms with Crippen molar-refractivity contribution < 1.29 is 0 Å². The maximum absolute atomic E-state index is 4.27. The normalized spacial score (nSPS) is 10.6. The molecule has 1 heterocycles. The first-order valence-corrected chi connectivity index (χ1v) is 6.80. The lowest BCUT2D eigenvalue weighted by Crippen LogP contribution is -1.95. The fourth-order valence-corrected chi connectivity index (χ4v) is 2.42. The van der Waals surface area contributed by atoms with Crippen LogP contribution in [-0.4, -0.2) is 20.5 Å². The largest absolute Gasteiger partial charge is 0.305 e. The highest BCUT2D eigenvalue weighted by Crippen LogP contribution is 2.23. The van der Waals surface area contributed by atoms with Gasteiger partial charge in [-0.2, -0.15) is 0 Å². The van der Waals surface area contributed by atoms with E-state index in [0.717, 1.165) is 27.9 Å². The average Bonchev–Trinajstić information content (AvgIpc) is 2.68. The van der Waals surface area contributed by atoms with Crippen molar-refractivity contribution in [3.05, 3.63) is 42.0 Å². The quantitative estimate of drug-likeness (QED) is 0.622. The fraction of sp³-hybridized carbons (Fsp3) is 0.286. The van der Waals surface area contributed by atoms with E-state index in [2.05, 4.69) is 41.9 Å². The van der Waals surface area contributed by atoms with Gasteiger partial charge in [-0.3, -0.25) is 0 Å². The van der Waals surface area contributed by atoms with Gasteiger partial charge in [0.2, 0.25) is 0 Å². The monoisotopic (exact) mass is 259 g/mol. The van der Waals surface area contributed by atoms with E-state index in [4.69, 9.17) is 0 Å². The Bertz CT molecular complexity index is 572. The SMILES string of the molecule is C=C(C)CSc1nnc(-c2cccc(C)c2)n1C. The second-order valence-corrected chi connectivity index (χ2v) is 5.42. The molecule has 0 spiro atoms. The zero-order chi connectivity index (χ0) is 13.1. The van der Waals surface area contributed by atoms with Gasteiger partial charge >= 0.3 is 0 Å². The van der Waals surface area contributed by atoms with Crippen molar-refractivity contribution in [3.8, 4) is 11.4 Å². The van der Waals surface area contributed by atoms with E-state index in [1.807, 2.05) is 24.6 Å². The fourth-order valence-electron chi connectivity index (χ4n) is 1.66. The highest BCUT2D eigenvalue weighted by molar-refractivity contribution is 7.99. The molecule has 1 aromatic carbocycles. The van der Waals surface area contributed by atoms with E-state index in [1.54, 1.807) is 11.8 Å². The van der Waals surface area contributed by atoms with Crippen LogP contribution in [0.25, 0.3) is 11.4 Å². The lowest BCUT2D eigenvalue weighted by atomic mass is 10.1. The molecule has 4 heteroatoms. The average molecular weight is 259 g/mol. The van der Waals surface area contributed by atoms with Gasteiger partial charge in [0, 0.05) is 18.4 Å². The van der Waals surface area contributed by atoms with E-state index >= 15 is 0 Å². The highest BCUT2D eigenvalue weighted by Gasteiger charge is 2.10. The Kier molecular flexibility index (Phi) is 3.87. The number of benzene rings is 1. The number of aryl methyl sites for hydroxylation is 1. The summed E-state index contributed by atoms with van der Waals surface area (Å²) in [5.74, 6) is 1.78. The summed E-state index contributed by atoms with van der Waals surface area (Å²) < 4.78 is 2.03. The van der Waals surface area contributed by atoms with Gasteiger partial charge in [0.05, 0.1) is 0 Å². The van der Waals surface area contributed by atoms with Crippen molar-refractivity contribution in [2.24, 2.45) is 7.05 Å². The van der Waals surface area contributed by atoms with Gasteiger partial charge in [0.15, 0.2) is 11.0 Å². The summed E-state index contributed by atoms with van der Waals surface area (Å²) in [7, 11) is 2.00. The summed E-state index contributed by atoms with van der Waals surface area (Å²) >= 11 is 1.66. The maximum Gasteiger partial charge on any atom is 0.191 e. The minimum atomic E-state index is 0.875. The molecule has 0 saturated heterocycles. The maximum atomic E-state index is 4.27. The molecule has 0 aliphatic heterocycles. The molecule has 0 radical (unpaired) electrons. The van der Waals surface area contributed by atoms with Crippen LogP contribution in [0.2, 0.25) is 0 Å². The van der Waals surface area contributed by atoms with Crippen LogP contribution in [0.3, 0.4) is 0 Å². The number of nitrogens with zero attached hydrogens (tertiary/aromatic N) is 3. The third-order valence-electron chi connectivity index (χ3n) is 2.56. The van der Waals surface area contributed by atoms with E-state index in [0.29, 0.717) is 0 Å². The topological polar surface area (TPSA) is 30.7 Å². The molecule has 3 nitrogen and oxygen atoms in total. The molecule has 0 aliphatic carbocycles. The lowest BCUT2D eigenvalue weighted by molar-refractivity contribution is 0.794. The Morgan fingerprint density at radius 3 is 2.83 bits per heavy atom. The second kappa shape index (κ2) is 5.40. The summed E-state index contributed by atoms with van der Waals surface area (Å²) in [6, 6.07) is 8.30. The Morgan fingerprint density at radius 1 is 1.39 bits per heavy atom. The van der Waals surface area contributed by atoms with E-state index < -0.39 is 0 Å². The number of aromatic nitrogens is 3. The summed E-state index contributed by atoms with van der Waals surface area (Å²) in [4.78, 5) is 0. The van der Waals surface area contributed by atoms with Crippen LogP contribution in [0.5, 0.6) is 0 Å². The van der Waals surface area contributed by atoms with Gasteiger partial charge in [0.1, 0.15) is 0 Å². The molecule has 0 unspecified atom stereocenters. The molecule has 94 valence electrons. The summed E-state index contributed by atoms with van der Waals surface area (Å²) in [5, 5.41) is 9.42. The number of rotatable bonds is 4. The summed E-state index contributed by atoms with van der Waals surface area (Å²) in [6.45, 7) is 8.00. The third-order valence-corrected chi connectivity index (χ3v) is 3.81. The molecule has 2 aromatic rings. The molecule has 0 amide bonds. The molecule has 0 fully saturated rings. The molecule has 0 saturated carbocycles. The first kappa shape index (κ1) is 12.9. The van der Waals surface area contributed by atoms with Gasteiger partial charge in [0.25, 0.3) is 0 Å². The third kappa shape index (κ3) is 2.82. The van der Waals surface area contributed by atoms with Crippen molar-refractivity contribution >= 4 is 11.8 Å². The summed E-state index contributed by atoms with van der Waals surface area (Å²) in [5.41, 5.74) is 3.47. The van der Waals surface area contributed by atoms with E-state index in [9.17, 15) is 0 Å². The lowest BCUT2D eigenvalue weighted by Gasteiger charge is -2.04. The standard InChI is InChI=1S/C14H17N3S/c1-10(2)9-18-14-16-15-13(17(14)4)12-7-5-6-11(3)8-12/h5-8H,1,9H2,2-4H3. The van der Waals surface area contributed by atoms with Gasteiger partial charge in [-0.25, -0.2) is 0 Å². The molecule has 0 N–H and O–H groups in total. The van der Waals surface area contributed by atoms with E-state index in [1.165, 1.54) is 5.56 Å². The molecule has 2 rings (SSSR count). The zero-order valence-corrected chi connectivity index (χ0v) is 11.8. The Balaban J connectivity index is 2.28. The molecule has 18 heavy (non-hydrogen) atoms. The molecular weight excluding hydrogens is 242 g/mol. The molecule has 0 aliphatic rings. The van der Waals surface area contributed by atoms with E-state index in [-0.39, 0.29) is 0 Å².